The number of pyridine rings is 1. The van der Waals surface area contributed by atoms with E-state index >= 15 is 0 Å². The number of anilines is 1. The standard InChI is InChI=1S/C17H16N2O/c1-19-16-10-6-5-7-13(16)11-14(17(19)20)12-18-15-8-3-2-4-9-15/h2-11,18H,12H2,1H3. The second kappa shape index (κ2) is 5.21. The lowest BCUT2D eigenvalue weighted by atomic mass is 10.1. The number of aromatic nitrogens is 1. The van der Waals surface area contributed by atoms with E-state index in [4.69, 9.17) is 0 Å². The van der Waals surface area contributed by atoms with Crippen molar-refractivity contribution in [2.75, 3.05) is 5.32 Å². The number of hydrogen-bond acceptors (Lipinski definition) is 2. The molecule has 3 nitrogen and oxygen atoms in total. The van der Waals surface area contributed by atoms with Crippen LogP contribution in [0.15, 0.2) is 65.5 Å². The fourth-order valence-corrected chi connectivity index (χ4v) is 2.37. The quantitative estimate of drug-likeness (QED) is 0.788. The molecule has 0 saturated carbocycles. The average molecular weight is 264 g/mol. The van der Waals surface area contributed by atoms with E-state index in [0.29, 0.717) is 6.54 Å². The minimum atomic E-state index is 0.0483. The van der Waals surface area contributed by atoms with Gasteiger partial charge in [0.25, 0.3) is 5.56 Å². The predicted molar refractivity (Wildman–Crippen MR) is 83.0 cm³/mol. The van der Waals surface area contributed by atoms with Gasteiger partial charge in [0, 0.05) is 24.8 Å². The highest BCUT2D eigenvalue weighted by atomic mass is 16.1. The SMILES string of the molecule is Cn1c(=O)c(CNc2ccccc2)cc2ccccc21. The summed E-state index contributed by atoms with van der Waals surface area (Å²) in [4.78, 5) is 12.3. The molecule has 0 atom stereocenters. The van der Waals surface area contributed by atoms with Crippen molar-refractivity contribution in [3.63, 3.8) is 0 Å². The van der Waals surface area contributed by atoms with Gasteiger partial charge in [-0.2, -0.15) is 0 Å². The first-order chi connectivity index (χ1) is 9.75. The van der Waals surface area contributed by atoms with Gasteiger partial charge in [-0.1, -0.05) is 36.4 Å². The van der Waals surface area contributed by atoms with E-state index in [1.807, 2.05) is 67.7 Å². The molecule has 1 aromatic heterocycles. The molecule has 1 heterocycles. The van der Waals surface area contributed by atoms with Crippen LogP contribution in [-0.2, 0) is 13.6 Å². The third kappa shape index (κ3) is 2.30. The number of benzene rings is 2. The van der Waals surface area contributed by atoms with Crippen LogP contribution in [0.2, 0.25) is 0 Å². The van der Waals surface area contributed by atoms with Gasteiger partial charge < -0.3 is 9.88 Å². The summed E-state index contributed by atoms with van der Waals surface area (Å²) >= 11 is 0. The molecule has 0 aliphatic carbocycles. The summed E-state index contributed by atoms with van der Waals surface area (Å²) < 4.78 is 1.71. The maximum absolute atomic E-state index is 12.3. The first kappa shape index (κ1) is 12.5. The Morgan fingerprint density at radius 3 is 2.50 bits per heavy atom. The third-order valence-electron chi connectivity index (χ3n) is 3.46. The molecule has 3 aromatic rings. The smallest absolute Gasteiger partial charge is 0.255 e. The van der Waals surface area contributed by atoms with E-state index < -0.39 is 0 Å². The van der Waals surface area contributed by atoms with Crippen molar-refractivity contribution in [3.05, 3.63) is 76.6 Å². The molecule has 0 amide bonds. The molecule has 0 saturated heterocycles. The summed E-state index contributed by atoms with van der Waals surface area (Å²) in [6.07, 6.45) is 0. The van der Waals surface area contributed by atoms with Gasteiger partial charge in [-0.25, -0.2) is 0 Å². The summed E-state index contributed by atoms with van der Waals surface area (Å²) in [5.41, 5.74) is 2.80. The van der Waals surface area contributed by atoms with Crippen LogP contribution in [0.1, 0.15) is 5.56 Å². The molecule has 0 spiro atoms. The first-order valence-electron chi connectivity index (χ1n) is 6.62. The topological polar surface area (TPSA) is 34.0 Å². The zero-order valence-corrected chi connectivity index (χ0v) is 11.3. The molecular weight excluding hydrogens is 248 g/mol. The predicted octanol–water partition coefficient (Wildman–Crippen LogP) is 3.15. The Bertz CT molecular complexity index is 791. The second-order valence-electron chi connectivity index (χ2n) is 4.81. The van der Waals surface area contributed by atoms with Gasteiger partial charge in [-0.05, 0) is 29.7 Å². The molecular formula is C17H16N2O. The van der Waals surface area contributed by atoms with Crippen molar-refractivity contribution in [1.29, 1.82) is 0 Å². The Morgan fingerprint density at radius 1 is 1.00 bits per heavy atom. The van der Waals surface area contributed by atoms with Gasteiger partial charge in [0.15, 0.2) is 0 Å². The number of rotatable bonds is 3. The zero-order valence-electron chi connectivity index (χ0n) is 11.3. The van der Waals surface area contributed by atoms with Gasteiger partial charge >= 0.3 is 0 Å². The summed E-state index contributed by atoms with van der Waals surface area (Å²) in [7, 11) is 1.82. The van der Waals surface area contributed by atoms with E-state index in [-0.39, 0.29) is 5.56 Å². The Kier molecular flexibility index (Phi) is 3.25. The molecule has 2 aromatic carbocycles. The summed E-state index contributed by atoms with van der Waals surface area (Å²) in [5, 5.41) is 4.36. The molecule has 0 aliphatic rings. The molecule has 0 unspecified atom stereocenters. The van der Waals surface area contributed by atoms with Crippen molar-refractivity contribution in [2.45, 2.75) is 6.54 Å². The van der Waals surface area contributed by atoms with Crippen molar-refractivity contribution < 1.29 is 0 Å². The first-order valence-corrected chi connectivity index (χ1v) is 6.62. The number of nitrogens with zero attached hydrogens (tertiary/aromatic N) is 1. The molecule has 0 radical (unpaired) electrons. The molecule has 100 valence electrons. The molecule has 0 bridgehead atoms. The van der Waals surface area contributed by atoms with E-state index in [1.54, 1.807) is 4.57 Å². The van der Waals surface area contributed by atoms with Crippen LogP contribution >= 0.6 is 0 Å². The maximum Gasteiger partial charge on any atom is 0.255 e. The van der Waals surface area contributed by atoms with Gasteiger partial charge in [0.2, 0.25) is 0 Å². The normalized spacial score (nSPS) is 10.7. The van der Waals surface area contributed by atoms with Crippen LogP contribution in [0.4, 0.5) is 5.69 Å². The highest BCUT2D eigenvalue weighted by Gasteiger charge is 2.06. The minimum Gasteiger partial charge on any atom is -0.381 e. The molecule has 3 rings (SSSR count). The maximum atomic E-state index is 12.3. The van der Waals surface area contributed by atoms with Gasteiger partial charge in [-0.15, -0.1) is 0 Å². The number of fused-ring (bicyclic) bond motifs is 1. The summed E-state index contributed by atoms with van der Waals surface area (Å²) in [6.45, 7) is 0.529. The fourth-order valence-electron chi connectivity index (χ4n) is 2.37. The minimum absolute atomic E-state index is 0.0483. The van der Waals surface area contributed by atoms with E-state index in [2.05, 4.69) is 5.32 Å². The molecule has 20 heavy (non-hydrogen) atoms. The van der Waals surface area contributed by atoms with E-state index in [0.717, 1.165) is 22.2 Å². The summed E-state index contributed by atoms with van der Waals surface area (Å²) in [5.74, 6) is 0. The zero-order chi connectivity index (χ0) is 13.9. The average Bonchev–Trinajstić information content (AvgIpc) is 2.50. The van der Waals surface area contributed by atoms with Crippen LogP contribution in [0, 0.1) is 0 Å². The van der Waals surface area contributed by atoms with Crippen LogP contribution in [0.5, 0.6) is 0 Å². The number of aryl methyl sites for hydroxylation is 1. The van der Waals surface area contributed by atoms with Crippen LogP contribution in [0.3, 0.4) is 0 Å². The number of hydrogen-bond donors (Lipinski definition) is 1. The van der Waals surface area contributed by atoms with Crippen molar-refractivity contribution >= 4 is 16.6 Å². The third-order valence-corrected chi connectivity index (χ3v) is 3.46. The van der Waals surface area contributed by atoms with Gasteiger partial charge in [0.05, 0.1) is 5.52 Å². The van der Waals surface area contributed by atoms with Crippen LogP contribution < -0.4 is 10.9 Å². The van der Waals surface area contributed by atoms with Gasteiger partial charge in [0.1, 0.15) is 0 Å². The highest BCUT2D eigenvalue weighted by molar-refractivity contribution is 5.79. The Morgan fingerprint density at radius 2 is 1.70 bits per heavy atom. The molecule has 1 N–H and O–H groups in total. The lowest BCUT2D eigenvalue weighted by Gasteiger charge is -2.10. The Labute approximate surface area is 117 Å². The van der Waals surface area contributed by atoms with Crippen molar-refractivity contribution in [3.8, 4) is 0 Å². The number of para-hydroxylation sites is 2. The summed E-state index contributed by atoms with van der Waals surface area (Å²) in [6, 6.07) is 19.8. The van der Waals surface area contributed by atoms with Gasteiger partial charge in [-0.3, -0.25) is 4.79 Å². The second-order valence-corrected chi connectivity index (χ2v) is 4.81. The lowest BCUT2D eigenvalue weighted by Crippen LogP contribution is -2.23. The van der Waals surface area contributed by atoms with Crippen molar-refractivity contribution in [1.82, 2.24) is 4.57 Å². The monoisotopic (exact) mass is 264 g/mol. The Balaban J connectivity index is 1.96. The van der Waals surface area contributed by atoms with Crippen LogP contribution in [0.25, 0.3) is 10.9 Å². The lowest BCUT2D eigenvalue weighted by molar-refractivity contribution is 0.878. The van der Waals surface area contributed by atoms with Crippen LogP contribution in [-0.4, -0.2) is 4.57 Å². The molecule has 3 heteroatoms. The molecule has 0 fully saturated rings. The largest absolute Gasteiger partial charge is 0.381 e. The van der Waals surface area contributed by atoms with Crippen molar-refractivity contribution in [2.24, 2.45) is 7.05 Å². The highest BCUT2D eigenvalue weighted by Crippen LogP contribution is 2.13. The fraction of sp³-hybridized carbons (Fsp3) is 0.118. The molecule has 0 aliphatic heterocycles. The number of nitrogens with one attached hydrogen (secondary N) is 1. The van der Waals surface area contributed by atoms with E-state index in [1.165, 1.54) is 0 Å². The Hall–Kier alpha value is -2.55. The van der Waals surface area contributed by atoms with E-state index in [9.17, 15) is 4.79 Å².